The van der Waals surface area contributed by atoms with E-state index in [1.165, 1.54) is 11.1 Å². The molecule has 192 valence electrons. The number of hydrogen-bond acceptors (Lipinski definition) is 5. The van der Waals surface area contributed by atoms with E-state index < -0.39 is 0 Å². The molecular formula is C30H36N6O. The molecule has 0 radical (unpaired) electrons. The van der Waals surface area contributed by atoms with Crippen molar-refractivity contribution in [3.63, 3.8) is 0 Å². The monoisotopic (exact) mass is 496 g/mol. The molecule has 1 aliphatic heterocycles. The zero-order chi connectivity index (χ0) is 25.6. The molecule has 1 amide bonds. The molecule has 0 saturated carbocycles. The second-order valence-corrected chi connectivity index (χ2v) is 9.89. The fourth-order valence-corrected chi connectivity index (χ4v) is 4.94. The predicted octanol–water partition coefficient (Wildman–Crippen LogP) is 3.58. The van der Waals surface area contributed by atoms with E-state index in [2.05, 4.69) is 75.3 Å². The number of nitrogens with one attached hydrogen (secondary N) is 1. The number of rotatable bonds is 8. The van der Waals surface area contributed by atoms with Crippen LogP contribution < -0.4 is 11.1 Å². The SMILES string of the molecule is CN1CCCN(C(=O)c2cccc(Cn3cnc4ccc(-c5ccc(CNCCN)cc5)cc43)c2)CC1. The summed E-state index contributed by atoms with van der Waals surface area (Å²) in [6.45, 7) is 6.48. The van der Waals surface area contributed by atoms with Crippen LogP contribution in [-0.4, -0.2) is 71.6 Å². The minimum absolute atomic E-state index is 0.122. The van der Waals surface area contributed by atoms with Crippen molar-refractivity contribution in [1.29, 1.82) is 0 Å². The Kier molecular flexibility index (Phi) is 7.94. The minimum atomic E-state index is 0.122. The molecule has 3 N–H and O–H groups in total. The number of nitrogens with zero attached hydrogens (tertiary/aromatic N) is 4. The van der Waals surface area contributed by atoms with Crippen molar-refractivity contribution < 1.29 is 4.79 Å². The summed E-state index contributed by atoms with van der Waals surface area (Å²) in [6.07, 6.45) is 2.90. The normalized spacial score (nSPS) is 14.7. The number of carbonyl (C=O) groups excluding carboxylic acids is 1. The van der Waals surface area contributed by atoms with Gasteiger partial charge in [-0.15, -0.1) is 0 Å². The van der Waals surface area contributed by atoms with Gasteiger partial charge < -0.3 is 25.4 Å². The Morgan fingerprint density at radius 2 is 1.78 bits per heavy atom. The maximum atomic E-state index is 13.2. The van der Waals surface area contributed by atoms with Crippen molar-refractivity contribution in [3.8, 4) is 11.1 Å². The third kappa shape index (κ3) is 6.07. The van der Waals surface area contributed by atoms with Crippen molar-refractivity contribution in [2.24, 2.45) is 5.73 Å². The molecule has 1 saturated heterocycles. The molecule has 0 atom stereocenters. The molecule has 1 aromatic heterocycles. The summed E-state index contributed by atoms with van der Waals surface area (Å²) in [5.41, 5.74) is 13.0. The average molecular weight is 497 g/mol. The Hall–Kier alpha value is -3.52. The lowest BCUT2D eigenvalue weighted by molar-refractivity contribution is 0.0762. The minimum Gasteiger partial charge on any atom is -0.337 e. The first-order valence-electron chi connectivity index (χ1n) is 13.1. The maximum Gasteiger partial charge on any atom is 0.253 e. The molecule has 2 heterocycles. The van der Waals surface area contributed by atoms with Crippen LogP contribution in [0.4, 0.5) is 0 Å². The summed E-state index contributed by atoms with van der Waals surface area (Å²) in [4.78, 5) is 22.1. The average Bonchev–Trinajstić information content (AvgIpc) is 3.19. The van der Waals surface area contributed by atoms with Crippen molar-refractivity contribution in [1.82, 2.24) is 24.7 Å². The third-order valence-corrected chi connectivity index (χ3v) is 7.09. The zero-order valence-electron chi connectivity index (χ0n) is 21.6. The molecule has 7 nitrogen and oxygen atoms in total. The van der Waals surface area contributed by atoms with E-state index in [-0.39, 0.29) is 5.91 Å². The Balaban J connectivity index is 1.33. The van der Waals surface area contributed by atoms with Crippen LogP contribution >= 0.6 is 0 Å². The third-order valence-electron chi connectivity index (χ3n) is 7.09. The molecule has 4 aromatic rings. The van der Waals surface area contributed by atoms with Gasteiger partial charge in [-0.1, -0.05) is 42.5 Å². The molecule has 0 unspecified atom stereocenters. The van der Waals surface area contributed by atoms with Crippen molar-refractivity contribution in [2.75, 3.05) is 46.3 Å². The molecule has 37 heavy (non-hydrogen) atoms. The summed E-state index contributed by atoms with van der Waals surface area (Å²) in [7, 11) is 2.12. The van der Waals surface area contributed by atoms with Gasteiger partial charge in [0.05, 0.1) is 17.4 Å². The largest absolute Gasteiger partial charge is 0.337 e. The number of fused-ring (bicyclic) bond motifs is 1. The fourth-order valence-electron chi connectivity index (χ4n) is 4.94. The molecular weight excluding hydrogens is 460 g/mol. The van der Waals surface area contributed by atoms with Gasteiger partial charge in [-0.3, -0.25) is 4.79 Å². The van der Waals surface area contributed by atoms with Crippen LogP contribution in [0.3, 0.4) is 0 Å². The Morgan fingerprint density at radius 3 is 2.62 bits per heavy atom. The van der Waals surface area contributed by atoms with Gasteiger partial charge in [-0.2, -0.15) is 0 Å². The highest BCUT2D eigenvalue weighted by atomic mass is 16.2. The molecule has 0 bridgehead atoms. The van der Waals surface area contributed by atoms with Gasteiger partial charge in [0.1, 0.15) is 0 Å². The summed E-state index contributed by atoms with van der Waals surface area (Å²) in [5.74, 6) is 0.122. The lowest BCUT2D eigenvalue weighted by Crippen LogP contribution is -2.34. The van der Waals surface area contributed by atoms with E-state index in [0.717, 1.165) is 73.4 Å². The molecule has 7 heteroatoms. The van der Waals surface area contributed by atoms with Gasteiger partial charge in [0.15, 0.2) is 0 Å². The standard InChI is InChI=1S/C30H36N6O/c1-34-14-3-15-35(17-16-34)30(37)27-5-2-4-24(18-27)21-36-22-33-28-11-10-26(19-29(28)36)25-8-6-23(7-9-25)20-32-13-12-31/h2,4-11,18-19,22,32H,3,12-17,20-21,31H2,1H3. The van der Waals surface area contributed by atoms with Gasteiger partial charge >= 0.3 is 0 Å². The van der Waals surface area contributed by atoms with Crippen LogP contribution in [-0.2, 0) is 13.1 Å². The molecule has 0 spiro atoms. The number of benzene rings is 3. The smallest absolute Gasteiger partial charge is 0.253 e. The first-order chi connectivity index (χ1) is 18.1. The fraction of sp³-hybridized carbons (Fsp3) is 0.333. The molecule has 0 aliphatic carbocycles. The van der Waals surface area contributed by atoms with E-state index in [0.29, 0.717) is 13.1 Å². The van der Waals surface area contributed by atoms with Crippen LogP contribution in [0.1, 0.15) is 27.9 Å². The summed E-state index contributed by atoms with van der Waals surface area (Å²) in [5, 5.41) is 3.33. The van der Waals surface area contributed by atoms with Crippen molar-refractivity contribution in [3.05, 3.63) is 89.7 Å². The lowest BCUT2D eigenvalue weighted by Gasteiger charge is -2.21. The quantitative estimate of drug-likeness (QED) is 0.365. The molecule has 3 aromatic carbocycles. The van der Waals surface area contributed by atoms with E-state index in [1.807, 2.05) is 29.4 Å². The van der Waals surface area contributed by atoms with E-state index in [1.54, 1.807) is 0 Å². The van der Waals surface area contributed by atoms with Crippen LogP contribution in [0.2, 0.25) is 0 Å². The Bertz CT molecular complexity index is 1350. The van der Waals surface area contributed by atoms with Crippen LogP contribution in [0.15, 0.2) is 73.1 Å². The highest BCUT2D eigenvalue weighted by molar-refractivity contribution is 5.94. The lowest BCUT2D eigenvalue weighted by atomic mass is 10.0. The zero-order valence-corrected chi connectivity index (χ0v) is 21.6. The van der Waals surface area contributed by atoms with Gasteiger partial charge in [-0.25, -0.2) is 4.98 Å². The molecule has 1 aliphatic rings. The summed E-state index contributed by atoms with van der Waals surface area (Å²) >= 11 is 0. The first-order valence-corrected chi connectivity index (χ1v) is 13.1. The number of likely N-dealkylation sites (N-methyl/N-ethyl adjacent to an activating group) is 1. The Labute approximate surface area is 218 Å². The predicted molar refractivity (Wildman–Crippen MR) is 149 cm³/mol. The summed E-state index contributed by atoms with van der Waals surface area (Å²) < 4.78 is 2.16. The van der Waals surface area contributed by atoms with E-state index in [9.17, 15) is 4.79 Å². The number of hydrogen-bond donors (Lipinski definition) is 2. The topological polar surface area (TPSA) is 79.4 Å². The van der Waals surface area contributed by atoms with Gasteiger partial charge in [0, 0.05) is 51.4 Å². The number of amides is 1. The van der Waals surface area contributed by atoms with Gasteiger partial charge in [-0.05, 0) is 66.5 Å². The first kappa shape index (κ1) is 25.1. The second kappa shape index (κ2) is 11.7. The second-order valence-electron chi connectivity index (χ2n) is 9.89. The van der Waals surface area contributed by atoms with Crippen LogP contribution in [0.25, 0.3) is 22.2 Å². The Morgan fingerprint density at radius 1 is 0.946 bits per heavy atom. The van der Waals surface area contributed by atoms with E-state index >= 15 is 0 Å². The number of aromatic nitrogens is 2. The highest BCUT2D eigenvalue weighted by Gasteiger charge is 2.19. The van der Waals surface area contributed by atoms with E-state index in [4.69, 9.17) is 5.73 Å². The molecule has 5 rings (SSSR count). The van der Waals surface area contributed by atoms with Crippen molar-refractivity contribution >= 4 is 16.9 Å². The number of nitrogens with two attached hydrogens (primary N) is 1. The maximum absolute atomic E-state index is 13.2. The van der Waals surface area contributed by atoms with Gasteiger partial charge in [0.25, 0.3) is 5.91 Å². The van der Waals surface area contributed by atoms with Crippen molar-refractivity contribution in [2.45, 2.75) is 19.5 Å². The number of carbonyl (C=O) groups is 1. The van der Waals surface area contributed by atoms with Crippen LogP contribution in [0.5, 0.6) is 0 Å². The van der Waals surface area contributed by atoms with Crippen LogP contribution in [0, 0.1) is 0 Å². The highest BCUT2D eigenvalue weighted by Crippen LogP contribution is 2.25. The van der Waals surface area contributed by atoms with Gasteiger partial charge in [0.2, 0.25) is 0 Å². The molecule has 1 fully saturated rings. The summed E-state index contributed by atoms with van der Waals surface area (Å²) in [6, 6.07) is 23.1. The number of imidazole rings is 1.